The molecule has 0 nitrogen and oxygen atoms in total. The van der Waals surface area contributed by atoms with Gasteiger partial charge in [-0.05, 0) is 0 Å². The van der Waals surface area contributed by atoms with Crippen LogP contribution in [0.15, 0.2) is 66.7 Å². The van der Waals surface area contributed by atoms with Gasteiger partial charge >= 0.3 is 0 Å². The van der Waals surface area contributed by atoms with Crippen molar-refractivity contribution in [3.05, 3.63) is 72.8 Å². The van der Waals surface area contributed by atoms with Gasteiger partial charge < -0.3 is 0 Å². The van der Waals surface area contributed by atoms with Crippen LogP contribution in [0.25, 0.3) is 0 Å². The minimum absolute atomic E-state index is 0. The standard InChI is InChI=1S/C6H6.C6H5.Mo/c2*1-2-4-6-5-3-1;/h1-6H;1-5H;/q;-1;. The van der Waals surface area contributed by atoms with Crippen molar-refractivity contribution in [1.29, 1.82) is 0 Å². The Kier molecular flexibility index (Phi) is 8.60. The molecule has 0 aliphatic carbocycles. The number of hydrogen-bond acceptors (Lipinski definition) is 0. The molecule has 0 unspecified atom stereocenters. The third kappa shape index (κ3) is 7.49. The van der Waals surface area contributed by atoms with E-state index < -0.39 is 0 Å². The Bertz CT molecular complexity index is 181. The van der Waals surface area contributed by atoms with Crippen LogP contribution in [0.3, 0.4) is 0 Å². The van der Waals surface area contributed by atoms with Crippen LogP contribution < -0.4 is 0 Å². The molecule has 0 aliphatic rings. The summed E-state index contributed by atoms with van der Waals surface area (Å²) in [6.45, 7) is 0. The average Bonchev–Trinajstić information content (AvgIpc) is 2.24. The fourth-order valence-electron chi connectivity index (χ4n) is 0.727. The van der Waals surface area contributed by atoms with Crippen molar-refractivity contribution in [3.8, 4) is 0 Å². The molecule has 2 aromatic carbocycles. The molecule has 0 amide bonds. The summed E-state index contributed by atoms with van der Waals surface area (Å²) in [5.74, 6) is 0. The van der Waals surface area contributed by atoms with E-state index in [4.69, 9.17) is 0 Å². The third-order valence-corrected chi connectivity index (χ3v) is 1.27. The van der Waals surface area contributed by atoms with Gasteiger partial charge in [0.1, 0.15) is 0 Å². The van der Waals surface area contributed by atoms with E-state index in [1.165, 1.54) is 0 Å². The maximum absolute atomic E-state index is 2.89. The van der Waals surface area contributed by atoms with Crippen molar-refractivity contribution in [2.24, 2.45) is 0 Å². The van der Waals surface area contributed by atoms with Crippen molar-refractivity contribution >= 4 is 0 Å². The molecule has 0 aromatic heterocycles. The summed E-state index contributed by atoms with van der Waals surface area (Å²) < 4.78 is 0. The molecule has 0 fully saturated rings. The van der Waals surface area contributed by atoms with Gasteiger partial charge in [0.05, 0.1) is 0 Å². The van der Waals surface area contributed by atoms with E-state index >= 15 is 0 Å². The number of benzene rings is 2. The molecule has 0 N–H and O–H groups in total. The Labute approximate surface area is 93.9 Å². The van der Waals surface area contributed by atoms with E-state index in [1.54, 1.807) is 0 Å². The molecular weight excluding hydrogens is 240 g/mol. The summed E-state index contributed by atoms with van der Waals surface area (Å²) >= 11 is 0. The van der Waals surface area contributed by atoms with E-state index in [0.717, 1.165) is 0 Å². The Morgan fingerprint density at radius 3 is 0.923 bits per heavy atom. The summed E-state index contributed by atoms with van der Waals surface area (Å²) in [7, 11) is 0. The zero-order chi connectivity index (χ0) is 8.49. The van der Waals surface area contributed by atoms with E-state index in [1.807, 2.05) is 66.7 Å². The summed E-state index contributed by atoms with van der Waals surface area (Å²) in [5.41, 5.74) is 0. The van der Waals surface area contributed by atoms with E-state index in [0.29, 0.717) is 0 Å². The Morgan fingerprint density at radius 1 is 0.462 bits per heavy atom. The molecule has 0 saturated heterocycles. The van der Waals surface area contributed by atoms with Gasteiger partial charge in [0, 0.05) is 21.1 Å². The molecule has 0 aliphatic heterocycles. The van der Waals surface area contributed by atoms with Gasteiger partial charge in [-0.15, -0.1) is 0 Å². The van der Waals surface area contributed by atoms with Gasteiger partial charge in [0.25, 0.3) is 0 Å². The summed E-state index contributed by atoms with van der Waals surface area (Å²) in [6.07, 6.45) is 0. The zero-order valence-electron chi connectivity index (χ0n) is 7.26. The molecule has 2 rings (SSSR count). The largest absolute Gasteiger partial charge is 0.184 e. The molecule has 13 heavy (non-hydrogen) atoms. The van der Waals surface area contributed by atoms with Crippen LogP contribution in [0.2, 0.25) is 0 Å². The monoisotopic (exact) mass is 253 g/mol. The summed E-state index contributed by atoms with van der Waals surface area (Å²) in [6, 6.07) is 24.5. The second-order valence-corrected chi connectivity index (χ2v) is 2.23. The first kappa shape index (κ1) is 12.1. The Hall–Kier alpha value is -0.872. The van der Waals surface area contributed by atoms with Crippen molar-refractivity contribution in [2.45, 2.75) is 0 Å². The van der Waals surface area contributed by atoms with E-state index in [-0.39, 0.29) is 21.1 Å². The smallest absolute Gasteiger partial charge is 0 e. The van der Waals surface area contributed by atoms with Crippen molar-refractivity contribution in [1.82, 2.24) is 0 Å². The fraction of sp³-hybridized carbons (Fsp3) is 0. The minimum atomic E-state index is 0. The molecule has 0 bridgehead atoms. The predicted molar refractivity (Wildman–Crippen MR) is 51.7 cm³/mol. The van der Waals surface area contributed by atoms with Gasteiger partial charge in [-0.25, -0.2) is 0 Å². The van der Waals surface area contributed by atoms with Crippen LogP contribution >= 0.6 is 0 Å². The van der Waals surface area contributed by atoms with E-state index in [9.17, 15) is 0 Å². The molecule has 0 atom stereocenters. The van der Waals surface area contributed by atoms with Gasteiger partial charge in [0.2, 0.25) is 0 Å². The van der Waals surface area contributed by atoms with Crippen LogP contribution in [0, 0.1) is 6.07 Å². The summed E-state index contributed by atoms with van der Waals surface area (Å²) in [5, 5.41) is 0. The van der Waals surface area contributed by atoms with Gasteiger partial charge in [-0.1, -0.05) is 36.4 Å². The molecule has 0 spiro atoms. The quantitative estimate of drug-likeness (QED) is 0.498. The first-order chi connectivity index (χ1) is 6.00. The molecule has 0 heterocycles. The van der Waals surface area contributed by atoms with Gasteiger partial charge in [-0.3, -0.25) is 0 Å². The second kappa shape index (κ2) is 9.22. The minimum Gasteiger partial charge on any atom is -0.184 e. The maximum Gasteiger partial charge on any atom is 0 e. The first-order valence-corrected chi connectivity index (χ1v) is 3.91. The van der Waals surface area contributed by atoms with Crippen LogP contribution in [0.1, 0.15) is 0 Å². The number of hydrogen-bond donors (Lipinski definition) is 0. The fourth-order valence-corrected chi connectivity index (χ4v) is 0.727. The molecule has 66 valence electrons. The SMILES string of the molecule is [Mo].[c-]1ccccc1.c1ccccc1. The second-order valence-electron chi connectivity index (χ2n) is 2.23. The Morgan fingerprint density at radius 2 is 0.769 bits per heavy atom. The average molecular weight is 251 g/mol. The van der Waals surface area contributed by atoms with Crippen LogP contribution in [-0.2, 0) is 21.1 Å². The molecule has 1 heteroatoms. The van der Waals surface area contributed by atoms with Crippen LogP contribution in [0.4, 0.5) is 0 Å². The van der Waals surface area contributed by atoms with Crippen molar-refractivity contribution < 1.29 is 21.1 Å². The van der Waals surface area contributed by atoms with E-state index in [2.05, 4.69) is 6.07 Å². The van der Waals surface area contributed by atoms with Crippen molar-refractivity contribution in [2.75, 3.05) is 0 Å². The number of rotatable bonds is 0. The van der Waals surface area contributed by atoms with Gasteiger partial charge in [-0.2, -0.15) is 36.4 Å². The van der Waals surface area contributed by atoms with Gasteiger partial charge in [0.15, 0.2) is 0 Å². The third-order valence-electron chi connectivity index (χ3n) is 1.27. The van der Waals surface area contributed by atoms with Crippen molar-refractivity contribution in [3.63, 3.8) is 0 Å². The summed E-state index contributed by atoms with van der Waals surface area (Å²) in [4.78, 5) is 0. The predicted octanol–water partition coefficient (Wildman–Crippen LogP) is 3.17. The van der Waals surface area contributed by atoms with Crippen LogP contribution in [0.5, 0.6) is 0 Å². The topological polar surface area (TPSA) is 0 Å². The first-order valence-electron chi connectivity index (χ1n) is 3.91. The zero-order valence-corrected chi connectivity index (χ0v) is 9.27. The molecular formula is C12H11Mo-. The molecule has 0 radical (unpaired) electrons. The maximum atomic E-state index is 2.89. The molecule has 0 saturated carbocycles. The Balaban J connectivity index is 0.000000206. The molecule has 2 aromatic rings. The van der Waals surface area contributed by atoms with Crippen LogP contribution in [-0.4, -0.2) is 0 Å². The normalized spacial score (nSPS) is 7.38.